The van der Waals surface area contributed by atoms with E-state index in [9.17, 15) is 0 Å². The fourth-order valence-electron chi connectivity index (χ4n) is 3.35. The predicted molar refractivity (Wildman–Crippen MR) is 105 cm³/mol. The molecule has 2 aromatic carbocycles. The van der Waals surface area contributed by atoms with Crippen LogP contribution in [0.15, 0.2) is 48.5 Å². The van der Waals surface area contributed by atoms with Crippen LogP contribution in [0.5, 0.6) is 11.5 Å². The molecule has 0 spiro atoms. The number of ether oxygens (including phenoxy) is 2. The standard InChI is InChI=1S/C21H23NO2S/c1-23-19-6-4-5-17-15-20(25-21(17)19)16-7-9-18(10-8-16)24-14-13-22-11-2-3-12-22/h4-10,15H,2-3,11-14H2,1H3. The molecule has 3 aromatic rings. The second kappa shape index (κ2) is 7.46. The Balaban J connectivity index is 1.44. The van der Waals surface area contributed by atoms with E-state index in [1.54, 1.807) is 18.4 Å². The third kappa shape index (κ3) is 3.65. The van der Waals surface area contributed by atoms with Gasteiger partial charge in [0.2, 0.25) is 0 Å². The van der Waals surface area contributed by atoms with Gasteiger partial charge in [0.15, 0.2) is 0 Å². The van der Waals surface area contributed by atoms with Crippen molar-refractivity contribution in [3.05, 3.63) is 48.5 Å². The molecule has 1 aromatic heterocycles. The van der Waals surface area contributed by atoms with Crippen LogP contribution in [0.4, 0.5) is 0 Å². The van der Waals surface area contributed by atoms with Crippen molar-refractivity contribution >= 4 is 21.4 Å². The van der Waals surface area contributed by atoms with Gasteiger partial charge in [0.25, 0.3) is 0 Å². The van der Waals surface area contributed by atoms with Crippen molar-refractivity contribution in [3.8, 4) is 21.9 Å². The molecule has 25 heavy (non-hydrogen) atoms. The number of thiophene rings is 1. The van der Waals surface area contributed by atoms with Gasteiger partial charge in [0, 0.05) is 11.4 Å². The summed E-state index contributed by atoms with van der Waals surface area (Å²) in [6.07, 6.45) is 2.66. The summed E-state index contributed by atoms with van der Waals surface area (Å²) in [6.45, 7) is 4.23. The molecule has 4 rings (SSSR count). The molecule has 0 saturated carbocycles. The smallest absolute Gasteiger partial charge is 0.136 e. The lowest BCUT2D eigenvalue weighted by molar-refractivity contribution is 0.238. The zero-order chi connectivity index (χ0) is 17.1. The lowest BCUT2D eigenvalue weighted by Gasteiger charge is -2.14. The number of nitrogens with zero attached hydrogens (tertiary/aromatic N) is 1. The van der Waals surface area contributed by atoms with Crippen molar-refractivity contribution in [2.45, 2.75) is 12.8 Å². The van der Waals surface area contributed by atoms with E-state index in [0.717, 1.165) is 24.7 Å². The SMILES string of the molecule is COc1cccc2cc(-c3ccc(OCCN4CCCC4)cc3)sc12. The topological polar surface area (TPSA) is 21.7 Å². The maximum Gasteiger partial charge on any atom is 0.136 e. The van der Waals surface area contributed by atoms with Gasteiger partial charge < -0.3 is 9.47 Å². The van der Waals surface area contributed by atoms with E-state index in [-0.39, 0.29) is 0 Å². The van der Waals surface area contributed by atoms with Gasteiger partial charge >= 0.3 is 0 Å². The number of benzene rings is 2. The van der Waals surface area contributed by atoms with Crippen molar-refractivity contribution in [2.75, 3.05) is 33.4 Å². The van der Waals surface area contributed by atoms with Crippen LogP contribution in [0.1, 0.15) is 12.8 Å². The number of methoxy groups -OCH3 is 1. The van der Waals surface area contributed by atoms with Crippen LogP contribution in [0.3, 0.4) is 0 Å². The summed E-state index contributed by atoms with van der Waals surface area (Å²) in [5, 5.41) is 1.23. The lowest BCUT2D eigenvalue weighted by atomic mass is 10.1. The maximum atomic E-state index is 5.90. The molecular weight excluding hydrogens is 330 g/mol. The Morgan fingerprint density at radius 3 is 2.60 bits per heavy atom. The summed E-state index contributed by atoms with van der Waals surface area (Å²) in [4.78, 5) is 3.72. The van der Waals surface area contributed by atoms with Gasteiger partial charge in [0.05, 0.1) is 11.8 Å². The van der Waals surface area contributed by atoms with Gasteiger partial charge in [-0.05, 0) is 73.3 Å². The summed E-state index contributed by atoms with van der Waals surface area (Å²) >= 11 is 1.77. The second-order valence-corrected chi connectivity index (χ2v) is 7.46. The van der Waals surface area contributed by atoms with E-state index in [2.05, 4.69) is 41.3 Å². The molecule has 0 bridgehead atoms. The number of hydrogen-bond acceptors (Lipinski definition) is 4. The molecule has 0 unspecified atom stereocenters. The predicted octanol–water partition coefficient (Wildman–Crippen LogP) is 5.05. The molecule has 0 amide bonds. The van der Waals surface area contributed by atoms with Crippen LogP contribution in [0.25, 0.3) is 20.5 Å². The van der Waals surface area contributed by atoms with Crippen LogP contribution in [-0.4, -0.2) is 38.3 Å². The van der Waals surface area contributed by atoms with Gasteiger partial charge in [0.1, 0.15) is 18.1 Å². The first-order valence-corrected chi connectivity index (χ1v) is 9.67. The average Bonchev–Trinajstić information content (AvgIpc) is 3.31. The summed E-state index contributed by atoms with van der Waals surface area (Å²) in [6, 6.07) is 16.8. The first kappa shape index (κ1) is 16.4. The molecular formula is C21H23NO2S. The van der Waals surface area contributed by atoms with Crippen molar-refractivity contribution in [1.82, 2.24) is 4.90 Å². The molecule has 4 heteroatoms. The van der Waals surface area contributed by atoms with Crippen LogP contribution >= 0.6 is 11.3 Å². The Hall–Kier alpha value is -2.04. The van der Waals surface area contributed by atoms with E-state index in [1.165, 1.54) is 46.5 Å². The Labute approximate surface area is 152 Å². The van der Waals surface area contributed by atoms with Crippen molar-refractivity contribution in [2.24, 2.45) is 0 Å². The largest absolute Gasteiger partial charge is 0.495 e. The normalized spacial score (nSPS) is 14.9. The van der Waals surface area contributed by atoms with Crippen LogP contribution in [0, 0.1) is 0 Å². The molecule has 0 radical (unpaired) electrons. The number of rotatable bonds is 6. The van der Waals surface area contributed by atoms with E-state index in [4.69, 9.17) is 9.47 Å². The molecule has 1 aliphatic rings. The van der Waals surface area contributed by atoms with Gasteiger partial charge in [-0.2, -0.15) is 0 Å². The van der Waals surface area contributed by atoms with Crippen LogP contribution < -0.4 is 9.47 Å². The van der Waals surface area contributed by atoms with Crippen molar-refractivity contribution < 1.29 is 9.47 Å². The monoisotopic (exact) mass is 353 g/mol. The molecule has 3 nitrogen and oxygen atoms in total. The molecule has 2 heterocycles. The van der Waals surface area contributed by atoms with Gasteiger partial charge in [-0.1, -0.05) is 12.1 Å². The maximum absolute atomic E-state index is 5.90. The molecule has 130 valence electrons. The fraction of sp³-hybridized carbons (Fsp3) is 0.333. The van der Waals surface area contributed by atoms with Gasteiger partial charge in [-0.25, -0.2) is 0 Å². The summed E-state index contributed by atoms with van der Waals surface area (Å²) in [5.74, 6) is 1.89. The lowest BCUT2D eigenvalue weighted by Crippen LogP contribution is -2.25. The number of hydrogen-bond donors (Lipinski definition) is 0. The third-order valence-electron chi connectivity index (χ3n) is 4.74. The van der Waals surface area contributed by atoms with E-state index >= 15 is 0 Å². The van der Waals surface area contributed by atoms with E-state index in [0.29, 0.717) is 0 Å². The minimum absolute atomic E-state index is 0.763. The Morgan fingerprint density at radius 2 is 1.84 bits per heavy atom. The van der Waals surface area contributed by atoms with Crippen molar-refractivity contribution in [1.29, 1.82) is 0 Å². The van der Waals surface area contributed by atoms with Crippen LogP contribution in [-0.2, 0) is 0 Å². The summed E-state index contributed by atoms with van der Waals surface area (Å²) < 4.78 is 12.6. The zero-order valence-corrected chi connectivity index (χ0v) is 15.3. The third-order valence-corrected chi connectivity index (χ3v) is 5.96. The zero-order valence-electron chi connectivity index (χ0n) is 14.5. The van der Waals surface area contributed by atoms with E-state index in [1.807, 2.05) is 12.1 Å². The molecule has 0 N–H and O–H groups in total. The first-order valence-electron chi connectivity index (χ1n) is 8.85. The number of likely N-dealkylation sites (tertiary alicyclic amines) is 1. The summed E-state index contributed by atoms with van der Waals surface area (Å²) in [7, 11) is 1.72. The Bertz CT molecular complexity index is 835. The quantitative estimate of drug-likeness (QED) is 0.619. The Kier molecular flexibility index (Phi) is 4.90. The molecule has 1 aliphatic heterocycles. The first-order chi connectivity index (χ1) is 12.3. The van der Waals surface area contributed by atoms with Gasteiger partial charge in [-0.15, -0.1) is 11.3 Å². The average molecular weight is 353 g/mol. The molecule has 1 saturated heterocycles. The Morgan fingerprint density at radius 1 is 1.04 bits per heavy atom. The summed E-state index contributed by atoms with van der Waals surface area (Å²) in [5.41, 5.74) is 1.22. The van der Waals surface area contributed by atoms with Crippen LogP contribution in [0.2, 0.25) is 0 Å². The minimum atomic E-state index is 0.763. The highest BCUT2D eigenvalue weighted by atomic mass is 32.1. The van der Waals surface area contributed by atoms with Crippen molar-refractivity contribution in [3.63, 3.8) is 0 Å². The molecule has 0 atom stereocenters. The molecule has 0 aliphatic carbocycles. The van der Waals surface area contributed by atoms with Gasteiger partial charge in [-0.3, -0.25) is 4.90 Å². The van der Waals surface area contributed by atoms with E-state index < -0.39 is 0 Å². The highest BCUT2D eigenvalue weighted by Gasteiger charge is 2.11. The number of fused-ring (bicyclic) bond motifs is 1. The highest BCUT2D eigenvalue weighted by Crippen LogP contribution is 2.38. The highest BCUT2D eigenvalue weighted by molar-refractivity contribution is 7.22. The fourth-order valence-corrected chi connectivity index (χ4v) is 4.51. The second-order valence-electron chi connectivity index (χ2n) is 6.41. The molecule has 1 fully saturated rings. The minimum Gasteiger partial charge on any atom is -0.495 e.